The van der Waals surface area contributed by atoms with Crippen LogP contribution in [-0.4, -0.2) is 41.7 Å². The number of rotatable bonds is 6. The van der Waals surface area contributed by atoms with E-state index in [-0.39, 0.29) is 23.5 Å². The zero-order valence-electron chi connectivity index (χ0n) is 22.1. The van der Waals surface area contributed by atoms with Gasteiger partial charge in [-0.2, -0.15) is 18.2 Å². The summed E-state index contributed by atoms with van der Waals surface area (Å²) in [6, 6.07) is 16.8. The Bertz CT molecular complexity index is 1380. The number of benzene rings is 3. The van der Waals surface area contributed by atoms with Gasteiger partial charge in [0.15, 0.2) is 0 Å². The summed E-state index contributed by atoms with van der Waals surface area (Å²) in [7, 11) is 1.27. The van der Waals surface area contributed by atoms with Gasteiger partial charge in [-0.3, -0.25) is 4.90 Å². The quantitative estimate of drug-likeness (QED) is 0.212. The van der Waals surface area contributed by atoms with E-state index in [0.717, 1.165) is 59.6 Å². The second kappa shape index (κ2) is 12.7. The molecule has 0 aromatic heterocycles. The van der Waals surface area contributed by atoms with Gasteiger partial charge < -0.3 is 9.47 Å². The zero-order chi connectivity index (χ0) is 28.4. The number of piperidine rings is 1. The van der Waals surface area contributed by atoms with Crippen LogP contribution < -0.4 is 5.01 Å². The molecule has 41 heavy (non-hydrogen) atoms. The first-order valence-electron chi connectivity index (χ1n) is 12.8. The summed E-state index contributed by atoms with van der Waals surface area (Å²) in [4.78, 5) is 28.6. The molecule has 3 aromatic rings. The zero-order valence-corrected chi connectivity index (χ0v) is 23.6. The third kappa shape index (κ3) is 6.30. The molecule has 1 unspecified atom stereocenters. The predicted octanol–water partition coefficient (Wildman–Crippen LogP) is 7.59. The van der Waals surface area contributed by atoms with Crippen molar-refractivity contribution < 1.29 is 32.2 Å². The fraction of sp³-hybridized carbons (Fsp3) is 0.310. The fourth-order valence-corrected chi connectivity index (χ4v) is 5.42. The molecule has 2 heterocycles. The van der Waals surface area contributed by atoms with Gasteiger partial charge in [0.1, 0.15) is 0 Å². The Morgan fingerprint density at radius 1 is 1.00 bits per heavy atom. The minimum atomic E-state index is -4.51. The van der Waals surface area contributed by atoms with Gasteiger partial charge >= 0.3 is 18.2 Å². The van der Waals surface area contributed by atoms with Crippen LogP contribution in [0.1, 0.15) is 52.5 Å². The molecule has 2 fully saturated rings. The van der Waals surface area contributed by atoms with E-state index in [0.29, 0.717) is 23.4 Å². The number of anilines is 1. The number of cyclic esters (lactones) is 1. The summed E-state index contributed by atoms with van der Waals surface area (Å²) in [5, 5.41) is 1.14. The topological polar surface area (TPSA) is 62.3 Å². The number of carbonyl (C=O) groups excluding carboxylic acids is 2. The van der Waals surface area contributed by atoms with Gasteiger partial charge in [-0.15, -0.1) is 12.4 Å². The van der Waals surface area contributed by atoms with Gasteiger partial charge in [-0.1, -0.05) is 59.5 Å². The number of halogens is 5. The normalized spacial score (nSPS) is 18.1. The molecule has 0 spiro atoms. The lowest BCUT2D eigenvalue weighted by Gasteiger charge is -2.31. The fourth-order valence-electron chi connectivity index (χ4n) is 5.13. The van der Waals surface area contributed by atoms with Crippen molar-refractivity contribution in [3.05, 3.63) is 89.0 Å². The van der Waals surface area contributed by atoms with Gasteiger partial charge in [0, 0.05) is 29.4 Å². The number of likely N-dealkylation sites (tertiary alicyclic amines) is 1. The van der Waals surface area contributed by atoms with Crippen molar-refractivity contribution in [3.8, 4) is 11.1 Å². The van der Waals surface area contributed by atoms with Crippen LogP contribution in [0.25, 0.3) is 11.1 Å². The van der Waals surface area contributed by atoms with Gasteiger partial charge in [0.2, 0.25) is 6.23 Å². The molecule has 1 amide bonds. The maximum absolute atomic E-state index is 13.4. The van der Waals surface area contributed by atoms with Crippen molar-refractivity contribution in [2.45, 2.75) is 38.2 Å². The molecule has 5 rings (SSSR count). The Morgan fingerprint density at radius 3 is 2.27 bits per heavy atom. The monoisotopic (exact) mass is 609 g/mol. The predicted molar refractivity (Wildman–Crippen MR) is 150 cm³/mol. The van der Waals surface area contributed by atoms with Crippen molar-refractivity contribution in [2.75, 3.05) is 25.2 Å². The van der Waals surface area contributed by atoms with Crippen LogP contribution >= 0.6 is 24.2 Å². The van der Waals surface area contributed by atoms with E-state index in [1.165, 1.54) is 19.2 Å². The second-order valence-electron chi connectivity index (χ2n) is 9.65. The number of alkyl halides is 3. The average molecular weight is 610 g/mol. The maximum Gasteiger partial charge on any atom is 0.432 e. The first kappa shape index (κ1) is 30.6. The largest absolute Gasteiger partial charge is 0.465 e. The summed E-state index contributed by atoms with van der Waals surface area (Å²) >= 11 is 6.74. The molecule has 2 aliphatic heterocycles. The molecule has 0 bridgehead atoms. The smallest absolute Gasteiger partial charge is 0.432 e. The maximum atomic E-state index is 13.4. The van der Waals surface area contributed by atoms with Crippen LogP contribution in [0, 0.1) is 0 Å². The number of carbonyl (C=O) groups is 2. The van der Waals surface area contributed by atoms with E-state index in [1.807, 2.05) is 30.3 Å². The number of amides is 1. The SMILES string of the molecule is COC(=O)c1ccc(CN2CCCCC2)c(N2C(=O)OC(c3ccc(C(F)(F)F)cc3)N2Cl)c1-c1ccccc1.Cl. The molecular weight excluding hydrogens is 582 g/mol. The summed E-state index contributed by atoms with van der Waals surface area (Å²) in [5.41, 5.74) is 1.79. The van der Waals surface area contributed by atoms with Crippen LogP contribution in [-0.2, 0) is 22.2 Å². The van der Waals surface area contributed by atoms with E-state index in [1.54, 1.807) is 12.1 Å². The first-order chi connectivity index (χ1) is 19.2. The lowest BCUT2D eigenvalue weighted by Crippen LogP contribution is -2.36. The third-order valence-corrected chi connectivity index (χ3v) is 7.41. The van der Waals surface area contributed by atoms with E-state index >= 15 is 0 Å². The molecule has 3 aromatic carbocycles. The summed E-state index contributed by atoms with van der Waals surface area (Å²) in [5.74, 6) is -0.599. The van der Waals surface area contributed by atoms with Crippen LogP contribution in [0.3, 0.4) is 0 Å². The molecule has 0 aliphatic carbocycles. The molecule has 0 N–H and O–H groups in total. The molecule has 12 heteroatoms. The number of hydrogen-bond acceptors (Lipinski definition) is 6. The highest BCUT2D eigenvalue weighted by Crippen LogP contribution is 2.45. The van der Waals surface area contributed by atoms with E-state index in [9.17, 15) is 22.8 Å². The highest BCUT2D eigenvalue weighted by atomic mass is 35.5. The Kier molecular flexibility index (Phi) is 9.48. The van der Waals surface area contributed by atoms with E-state index in [4.69, 9.17) is 21.3 Å². The Labute approximate surface area is 246 Å². The Hall–Kier alpha value is -3.31. The van der Waals surface area contributed by atoms with Crippen molar-refractivity contribution in [3.63, 3.8) is 0 Å². The lowest BCUT2D eigenvalue weighted by molar-refractivity contribution is -0.137. The van der Waals surface area contributed by atoms with E-state index < -0.39 is 30.0 Å². The highest BCUT2D eigenvalue weighted by Gasteiger charge is 2.44. The molecule has 2 aliphatic rings. The lowest BCUT2D eigenvalue weighted by atomic mass is 9.93. The number of hydrogen-bond donors (Lipinski definition) is 0. The van der Waals surface area contributed by atoms with Crippen molar-refractivity contribution in [2.24, 2.45) is 0 Å². The minimum absolute atomic E-state index is 0. The van der Waals surface area contributed by atoms with Gasteiger partial charge in [0.05, 0.1) is 23.9 Å². The van der Waals surface area contributed by atoms with Crippen molar-refractivity contribution in [1.82, 2.24) is 9.43 Å². The van der Waals surface area contributed by atoms with Crippen LogP contribution in [0.15, 0.2) is 66.7 Å². The second-order valence-corrected chi connectivity index (χ2v) is 9.99. The van der Waals surface area contributed by atoms with Gasteiger partial charge in [-0.05, 0) is 55.3 Å². The van der Waals surface area contributed by atoms with E-state index in [2.05, 4.69) is 4.90 Å². The number of nitrogens with zero attached hydrogens (tertiary/aromatic N) is 3. The summed E-state index contributed by atoms with van der Waals surface area (Å²) in [6.45, 7) is 2.24. The molecule has 218 valence electrons. The number of methoxy groups -OCH3 is 1. The van der Waals surface area contributed by atoms with Crippen molar-refractivity contribution in [1.29, 1.82) is 0 Å². The molecule has 0 saturated carbocycles. The molecular formula is C29H28Cl2F3N3O4. The summed E-state index contributed by atoms with van der Waals surface area (Å²) < 4.78 is 51.0. The third-order valence-electron chi connectivity index (χ3n) is 7.08. The van der Waals surface area contributed by atoms with Crippen molar-refractivity contribution >= 4 is 41.9 Å². The average Bonchev–Trinajstić information content (AvgIpc) is 3.26. The van der Waals surface area contributed by atoms with Crippen LogP contribution in [0.5, 0.6) is 0 Å². The first-order valence-corrected chi connectivity index (χ1v) is 13.2. The number of esters is 1. The standard InChI is InChI=1S/C29H27ClF3N3O4.ClH/c1-39-27(37)23-15-12-21(18-34-16-6-3-7-17-34)25(24(23)19-8-4-2-5-9-19)35-28(38)40-26(36(35)30)20-10-13-22(14-11-20)29(31,32)33;/h2,4-5,8-15,26H,3,6-7,16-18H2,1H3;1H. The highest BCUT2D eigenvalue weighted by molar-refractivity contribution is 6.18. The molecule has 7 nitrogen and oxygen atoms in total. The molecule has 1 atom stereocenters. The molecule has 2 saturated heterocycles. The number of hydrazine groups is 1. The van der Waals surface area contributed by atoms with Crippen LogP contribution in [0.2, 0.25) is 0 Å². The Morgan fingerprint density at radius 2 is 1.66 bits per heavy atom. The van der Waals surface area contributed by atoms with Gasteiger partial charge in [0.25, 0.3) is 0 Å². The summed E-state index contributed by atoms with van der Waals surface area (Å²) in [6.07, 6.45) is -3.32. The van der Waals surface area contributed by atoms with Gasteiger partial charge in [-0.25, -0.2) is 9.59 Å². The Balaban J connectivity index is 0.00000387. The minimum Gasteiger partial charge on any atom is -0.465 e. The molecule has 0 radical (unpaired) electrons. The number of ether oxygens (including phenoxy) is 2. The van der Waals surface area contributed by atoms with Crippen LogP contribution in [0.4, 0.5) is 23.7 Å².